The first kappa shape index (κ1) is 16.3. The fraction of sp³-hybridized carbons (Fsp3) is 0.0588. The average molecular weight is 335 g/mol. The van der Waals surface area contributed by atoms with Crippen molar-refractivity contribution in [3.63, 3.8) is 0 Å². The number of carbonyl (C=O) groups is 2. The second-order valence-electron chi connectivity index (χ2n) is 4.50. The topological polar surface area (TPSA) is 43.4 Å². The van der Waals surface area contributed by atoms with E-state index >= 15 is 0 Å². The van der Waals surface area contributed by atoms with Gasteiger partial charge in [-0.05, 0) is 55.0 Å². The molecule has 0 saturated heterocycles. The molecule has 0 saturated carbocycles. The van der Waals surface area contributed by atoms with Crippen LogP contribution in [0.3, 0.4) is 0 Å². The van der Waals surface area contributed by atoms with Gasteiger partial charge in [0.15, 0.2) is 5.78 Å². The summed E-state index contributed by atoms with van der Waals surface area (Å²) in [5, 5.41) is 0.970. The van der Waals surface area contributed by atoms with Crippen molar-refractivity contribution < 1.29 is 14.3 Å². The Bertz CT molecular complexity index is 734. The molecule has 0 spiro atoms. The van der Waals surface area contributed by atoms with Crippen molar-refractivity contribution in [2.24, 2.45) is 0 Å². The van der Waals surface area contributed by atoms with Gasteiger partial charge in [-0.1, -0.05) is 29.3 Å². The quantitative estimate of drug-likeness (QED) is 0.348. The predicted octanol–water partition coefficient (Wildman–Crippen LogP) is 4.81. The number of esters is 1. The normalized spacial score (nSPS) is 10.7. The predicted molar refractivity (Wildman–Crippen MR) is 87.6 cm³/mol. The van der Waals surface area contributed by atoms with Crippen LogP contribution in [0.25, 0.3) is 6.08 Å². The van der Waals surface area contributed by atoms with Crippen LogP contribution in [0.4, 0.5) is 0 Å². The highest BCUT2D eigenvalue weighted by Gasteiger charge is 2.04. The molecule has 2 rings (SSSR count). The van der Waals surface area contributed by atoms with E-state index in [0.29, 0.717) is 26.9 Å². The maximum atomic E-state index is 11.7. The van der Waals surface area contributed by atoms with Crippen molar-refractivity contribution in [1.82, 2.24) is 0 Å². The van der Waals surface area contributed by atoms with Gasteiger partial charge < -0.3 is 4.74 Å². The van der Waals surface area contributed by atoms with Gasteiger partial charge >= 0.3 is 5.97 Å². The molecule has 22 heavy (non-hydrogen) atoms. The summed E-state index contributed by atoms with van der Waals surface area (Å²) >= 11 is 11.8. The maximum absolute atomic E-state index is 11.7. The second kappa shape index (κ2) is 7.25. The van der Waals surface area contributed by atoms with E-state index in [1.807, 2.05) is 0 Å². The lowest BCUT2D eigenvalue weighted by atomic mass is 10.1. The molecular weight excluding hydrogens is 323 g/mol. The molecule has 5 heteroatoms. The third-order valence-corrected chi connectivity index (χ3v) is 3.40. The molecule has 3 nitrogen and oxygen atoms in total. The number of halogens is 2. The van der Waals surface area contributed by atoms with E-state index in [4.69, 9.17) is 27.9 Å². The molecule has 2 aromatic rings. The summed E-state index contributed by atoms with van der Waals surface area (Å²) in [7, 11) is 0. The molecular formula is C17H12Cl2O3. The van der Waals surface area contributed by atoms with E-state index in [9.17, 15) is 9.59 Å². The Morgan fingerprint density at radius 2 is 1.73 bits per heavy atom. The molecule has 0 bridgehead atoms. The molecule has 0 radical (unpaired) electrons. The van der Waals surface area contributed by atoms with E-state index in [0.717, 1.165) is 0 Å². The summed E-state index contributed by atoms with van der Waals surface area (Å²) in [6.45, 7) is 1.47. The van der Waals surface area contributed by atoms with Crippen LogP contribution in [-0.2, 0) is 4.79 Å². The monoisotopic (exact) mass is 334 g/mol. The minimum atomic E-state index is -0.540. The molecule has 112 valence electrons. The van der Waals surface area contributed by atoms with Crippen LogP contribution < -0.4 is 4.74 Å². The van der Waals surface area contributed by atoms with Crippen molar-refractivity contribution >= 4 is 41.0 Å². The first-order chi connectivity index (χ1) is 10.5. The minimum Gasteiger partial charge on any atom is -0.423 e. The van der Waals surface area contributed by atoms with Gasteiger partial charge in [-0.25, -0.2) is 4.79 Å². The summed E-state index contributed by atoms with van der Waals surface area (Å²) in [5.74, 6) is -0.224. The Balaban J connectivity index is 2.03. The Labute approximate surface area is 138 Å². The van der Waals surface area contributed by atoms with Crippen LogP contribution >= 0.6 is 23.2 Å². The molecule has 0 aliphatic carbocycles. The molecule has 0 aliphatic rings. The van der Waals surface area contributed by atoms with Crippen molar-refractivity contribution in [2.45, 2.75) is 6.92 Å². The zero-order valence-corrected chi connectivity index (χ0v) is 13.2. The number of Topliss-reactive ketones (excluding diaryl/α,β-unsaturated/α-hetero) is 1. The van der Waals surface area contributed by atoms with Crippen molar-refractivity contribution in [3.8, 4) is 5.75 Å². The minimum absolute atomic E-state index is 0.0462. The molecule has 0 N–H and O–H groups in total. The van der Waals surface area contributed by atoms with Crippen LogP contribution in [0.1, 0.15) is 22.8 Å². The standard InChI is InChI=1S/C17H12Cl2O3/c1-11(20)12-3-7-15(8-4-12)22-17(21)9-5-13-2-6-14(18)10-16(13)19/h2-10H,1H3/b9-5+. The largest absolute Gasteiger partial charge is 0.423 e. The Hall–Kier alpha value is -2.10. The smallest absolute Gasteiger partial charge is 0.336 e. The van der Waals surface area contributed by atoms with E-state index in [1.54, 1.807) is 48.5 Å². The zero-order chi connectivity index (χ0) is 16.1. The summed E-state index contributed by atoms with van der Waals surface area (Å²) < 4.78 is 5.13. The summed E-state index contributed by atoms with van der Waals surface area (Å²) in [6.07, 6.45) is 2.82. The average Bonchev–Trinajstić information content (AvgIpc) is 2.47. The summed E-state index contributed by atoms with van der Waals surface area (Å²) in [5.41, 5.74) is 1.22. The lowest BCUT2D eigenvalue weighted by Gasteiger charge is -2.02. The van der Waals surface area contributed by atoms with Crippen LogP contribution in [0.5, 0.6) is 5.75 Å². The number of hydrogen-bond acceptors (Lipinski definition) is 3. The van der Waals surface area contributed by atoms with Gasteiger partial charge in [0, 0.05) is 21.7 Å². The van der Waals surface area contributed by atoms with E-state index in [-0.39, 0.29) is 5.78 Å². The number of ketones is 1. The van der Waals surface area contributed by atoms with Gasteiger partial charge in [0.1, 0.15) is 5.75 Å². The highest BCUT2D eigenvalue weighted by Crippen LogP contribution is 2.22. The fourth-order valence-electron chi connectivity index (χ4n) is 1.70. The molecule has 0 aromatic heterocycles. The van der Waals surface area contributed by atoms with Crippen molar-refractivity contribution in [2.75, 3.05) is 0 Å². The summed E-state index contributed by atoms with van der Waals surface area (Å²) in [4.78, 5) is 22.9. The molecule has 0 atom stereocenters. The van der Waals surface area contributed by atoms with Gasteiger partial charge in [-0.3, -0.25) is 4.79 Å². The number of ether oxygens (including phenoxy) is 1. The van der Waals surface area contributed by atoms with Crippen molar-refractivity contribution in [1.29, 1.82) is 0 Å². The van der Waals surface area contributed by atoms with Crippen LogP contribution in [-0.4, -0.2) is 11.8 Å². The maximum Gasteiger partial charge on any atom is 0.336 e. The third-order valence-electron chi connectivity index (χ3n) is 2.84. The lowest BCUT2D eigenvalue weighted by molar-refractivity contribution is -0.128. The van der Waals surface area contributed by atoms with Gasteiger partial charge in [-0.2, -0.15) is 0 Å². The van der Waals surface area contributed by atoms with E-state index in [1.165, 1.54) is 13.0 Å². The lowest BCUT2D eigenvalue weighted by Crippen LogP contribution is -2.04. The highest BCUT2D eigenvalue weighted by molar-refractivity contribution is 6.35. The molecule has 0 aliphatic heterocycles. The molecule has 0 fully saturated rings. The van der Waals surface area contributed by atoms with Gasteiger partial charge in [-0.15, -0.1) is 0 Å². The number of hydrogen-bond donors (Lipinski definition) is 0. The second-order valence-corrected chi connectivity index (χ2v) is 5.34. The van der Waals surface area contributed by atoms with Gasteiger partial charge in [0.05, 0.1) is 0 Å². The van der Waals surface area contributed by atoms with Crippen LogP contribution in [0.15, 0.2) is 48.5 Å². The van der Waals surface area contributed by atoms with Gasteiger partial charge in [0.2, 0.25) is 0 Å². The number of carbonyl (C=O) groups excluding carboxylic acids is 2. The highest BCUT2D eigenvalue weighted by atomic mass is 35.5. The number of benzene rings is 2. The first-order valence-corrected chi connectivity index (χ1v) is 7.17. The Morgan fingerprint density at radius 1 is 1.05 bits per heavy atom. The molecule has 0 amide bonds. The zero-order valence-electron chi connectivity index (χ0n) is 11.7. The molecule has 2 aromatic carbocycles. The SMILES string of the molecule is CC(=O)c1ccc(OC(=O)/C=C/c2ccc(Cl)cc2Cl)cc1. The van der Waals surface area contributed by atoms with E-state index in [2.05, 4.69) is 0 Å². The molecule has 0 unspecified atom stereocenters. The van der Waals surface area contributed by atoms with E-state index < -0.39 is 5.97 Å². The Kier molecular flexibility index (Phi) is 5.36. The molecule has 0 heterocycles. The van der Waals surface area contributed by atoms with Crippen LogP contribution in [0, 0.1) is 0 Å². The third kappa shape index (κ3) is 4.45. The fourth-order valence-corrected chi connectivity index (χ4v) is 2.17. The Morgan fingerprint density at radius 3 is 2.32 bits per heavy atom. The van der Waals surface area contributed by atoms with Gasteiger partial charge in [0.25, 0.3) is 0 Å². The first-order valence-electron chi connectivity index (χ1n) is 6.41. The summed E-state index contributed by atoms with van der Waals surface area (Å²) in [6, 6.07) is 11.3. The number of rotatable bonds is 4. The van der Waals surface area contributed by atoms with Crippen molar-refractivity contribution in [3.05, 3.63) is 69.7 Å². The van der Waals surface area contributed by atoms with Crippen LogP contribution in [0.2, 0.25) is 10.0 Å².